The summed E-state index contributed by atoms with van der Waals surface area (Å²) in [5.74, 6) is 2.61. The van der Waals surface area contributed by atoms with Crippen molar-refractivity contribution >= 4 is 0 Å². The standard InChI is InChI=1S/C14H24N2O2/c1-11-6-13(18-14(11)7-15)9-16-5-3-4-12(8-16)10-17-2/h6,12H,3-5,7-10,15H2,1-2H3. The molecule has 0 aliphatic carbocycles. The Hall–Kier alpha value is -0.840. The lowest BCUT2D eigenvalue weighted by Crippen LogP contribution is -2.36. The molecule has 0 amide bonds. The fourth-order valence-corrected chi connectivity index (χ4v) is 2.76. The first-order chi connectivity index (χ1) is 8.72. The molecule has 1 aliphatic rings. The average Bonchev–Trinajstić information content (AvgIpc) is 2.70. The number of rotatable bonds is 5. The molecule has 4 heteroatoms. The lowest BCUT2D eigenvalue weighted by atomic mass is 9.99. The van der Waals surface area contributed by atoms with Crippen LogP contribution in [0, 0.1) is 12.8 Å². The van der Waals surface area contributed by atoms with Crippen LogP contribution >= 0.6 is 0 Å². The zero-order chi connectivity index (χ0) is 13.0. The first-order valence-electron chi connectivity index (χ1n) is 6.72. The van der Waals surface area contributed by atoms with Gasteiger partial charge in [0.2, 0.25) is 0 Å². The van der Waals surface area contributed by atoms with E-state index in [1.54, 1.807) is 7.11 Å². The maximum Gasteiger partial charge on any atom is 0.120 e. The van der Waals surface area contributed by atoms with E-state index in [1.807, 2.05) is 0 Å². The first-order valence-corrected chi connectivity index (χ1v) is 6.72. The van der Waals surface area contributed by atoms with E-state index < -0.39 is 0 Å². The van der Waals surface area contributed by atoms with E-state index in [4.69, 9.17) is 14.9 Å². The van der Waals surface area contributed by atoms with Crippen molar-refractivity contribution in [2.75, 3.05) is 26.8 Å². The summed E-state index contributed by atoms with van der Waals surface area (Å²) in [6, 6.07) is 2.11. The van der Waals surface area contributed by atoms with E-state index in [2.05, 4.69) is 17.9 Å². The predicted molar refractivity (Wildman–Crippen MR) is 71.2 cm³/mol. The van der Waals surface area contributed by atoms with Crippen LogP contribution in [-0.2, 0) is 17.8 Å². The Morgan fingerprint density at radius 1 is 1.56 bits per heavy atom. The predicted octanol–water partition coefficient (Wildman–Crippen LogP) is 1.91. The van der Waals surface area contributed by atoms with Gasteiger partial charge in [-0.25, -0.2) is 0 Å². The number of ether oxygens (including phenoxy) is 1. The number of methoxy groups -OCH3 is 1. The number of nitrogens with two attached hydrogens (primary N) is 1. The van der Waals surface area contributed by atoms with Crippen molar-refractivity contribution in [3.8, 4) is 0 Å². The van der Waals surface area contributed by atoms with E-state index in [0.29, 0.717) is 12.5 Å². The molecule has 4 nitrogen and oxygen atoms in total. The van der Waals surface area contributed by atoms with Crippen molar-refractivity contribution in [2.24, 2.45) is 11.7 Å². The largest absolute Gasteiger partial charge is 0.463 e. The molecule has 0 spiro atoms. The van der Waals surface area contributed by atoms with Crippen molar-refractivity contribution in [3.05, 3.63) is 23.2 Å². The van der Waals surface area contributed by atoms with Crippen molar-refractivity contribution in [1.29, 1.82) is 0 Å². The molecule has 2 rings (SSSR count). The molecule has 2 N–H and O–H groups in total. The van der Waals surface area contributed by atoms with Crippen molar-refractivity contribution in [3.63, 3.8) is 0 Å². The molecule has 1 aromatic rings. The minimum Gasteiger partial charge on any atom is -0.463 e. The molecule has 1 aromatic heterocycles. The Morgan fingerprint density at radius 2 is 2.39 bits per heavy atom. The second-order valence-corrected chi connectivity index (χ2v) is 5.22. The van der Waals surface area contributed by atoms with Crippen LogP contribution in [0.25, 0.3) is 0 Å². The molecule has 1 aliphatic heterocycles. The Balaban J connectivity index is 1.91. The molecule has 1 unspecified atom stereocenters. The molecule has 2 heterocycles. The molecule has 102 valence electrons. The second-order valence-electron chi connectivity index (χ2n) is 5.22. The molecule has 1 atom stereocenters. The lowest BCUT2D eigenvalue weighted by Gasteiger charge is -2.31. The van der Waals surface area contributed by atoms with Gasteiger partial charge in [-0.2, -0.15) is 0 Å². The molecular formula is C14H24N2O2. The highest BCUT2D eigenvalue weighted by atomic mass is 16.5. The van der Waals surface area contributed by atoms with Crippen LogP contribution in [0.1, 0.15) is 29.9 Å². The zero-order valence-corrected chi connectivity index (χ0v) is 11.4. The summed E-state index contributed by atoms with van der Waals surface area (Å²) in [5, 5.41) is 0. The summed E-state index contributed by atoms with van der Waals surface area (Å²) in [4.78, 5) is 2.45. The van der Waals surface area contributed by atoms with Gasteiger partial charge in [0, 0.05) is 13.7 Å². The third-order valence-corrected chi connectivity index (χ3v) is 3.64. The summed E-state index contributed by atoms with van der Waals surface area (Å²) in [5.41, 5.74) is 6.80. The number of likely N-dealkylation sites (tertiary alicyclic amines) is 1. The molecule has 1 saturated heterocycles. The smallest absolute Gasteiger partial charge is 0.120 e. The van der Waals surface area contributed by atoms with Gasteiger partial charge in [0.15, 0.2) is 0 Å². The van der Waals surface area contributed by atoms with Gasteiger partial charge in [0.1, 0.15) is 11.5 Å². The normalized spacial score (nSPS) is 21.4. The zero-order valence-electron chi connectivity index (χ0n) is 11.4. The number of hydrogen-bond acceptors (Lipinski definition) is 4. The van der Waals surface area contributed by atoms with Gasteiger partial charge in [0.05, 0.1) is 19.7 Å². The summed E-state index contributed by atoms with van der Waals surface area (Å²) in [6.07, 6.45) is 2.52. The number of hydrogen-bond donors (Lipinski definition) is 1. The van der Waals surface area contributed by atoms with Crippen LogP contribution in [0.4, 0.5) is 0 Å². The summed E-state index contributed by atoms with van der Waals surface area (Å²) in [7, 11) is 1.78. The number of furan rings is 1. The van der Waals surface area contributed by atoms with E-state index in [0.717, 1.165) is 43.3 Å². The van der Waals surface area contributed by atoms with Gasteiger partial charge < -0.3 is 14.9 Å². The number of aryl methyl sites for hydroxylation is 1. The van der Waals surface area contributed by atoms with E-state index >= 15 is 0 Å². The van der Waals surface area contributed by atoms with Crippen LogP contribution in [0.3, 0.4) is 0 Å². The number of nitrogens with zero attached hydrogens (tertiary/aromatic N) is 1. The number of piperidine rings is 1. The van der Waals surface area contributed by atoms with E-state index in [9.17, 15) is 0 Å². The summed E-state index contributed by atoms with van der Waals surface area (Å²) in [6.45, 7) is 6.55. The molecule has 0 radical (unpaired) electrons. The van der Waals surface area contributed by atoms with Crippen LogP contribution < -0.4 is 5.73 Å². The highest BCUT2D eigenvalue weighted by Gasteiger charge is 2.21. The topological polar surface area (TPSA) is 51.6 Å². The maximum atomic E-state index is 5.76. The fraction of sp³-hybridized carbons (Fsp3) is 0.714. The molecule has 1 fully saturated rings. The SMILES string of the molecule is COCC1CCCN(Cc2cc(C)c(CN)o2)C1. The van der Waals surface area contributed by atoms with Crippen LogP contribution in [-0.4, -0.2) is 31.7 Å². The van der Waals surface area contributed by atoms with Gasteiger partial charge in [-0.15, -0.1) is 0 Å². The Kier molecular flexibility index (Phi) is 4.80. The molecule has 0 bridgehead atoms. The average molecular weight is 252 g/mol. The lowest BCUT2D eigenvalue weighted by molar-refractivity contribution is 0.0838. The van der Waals surface area contributed by atoms with Crippen LogP contribution in [0.2, 0.25) is 0 Å². The molecular weight excluding hydrogens is 228 g/mol. The highest BCUT2D eigenvalue weighted by Crippen LogP contribution is 2.21. The molecule has 0 saturated carbocycles. The van der Waals surface area contributed by atoms with Crippen molar-refractivity contribution < 1.29 is 9.15 Å². The summed E-state index contributed by atoms with van der Waals surface area (Å²) >= 11 is 0. The Bertz CT molecular complexity index is 374. The quantitative estimate of drug-likeness (QED) is 0.869. The maximum absolute atomic E-state index is 5.76. The van der Waals surface area contributed by atoms with E-state index in [-0.39, 0.29) is 0 Å². The minimum atomic E-state index is 0.484. The van der Waals surface area contributed by atoms with Gasteiger partial charge in [-0.3, -0.25) is 4.90 Å². The van der Waals surface area contributed by atoms with Crippen LogP contribution in [0.15, 0.2) is 10.5 Å². The minimum absolute atomic E-state index is 0.484. The fourth-order valence-electron chi connectivity index (χ4n) is 2.76. The van der Waals surface area contributed by atoms with Gasteiger partial charge in [0.25, 0.3) is 0 Å². The molecule has 18 heavy (non-hydrogen) atoms. The first kappa shape index (κ1) is 13.6. The highest BCUT2D eigenvalue weighted by molar-refractivity contribution is 5.19. The molecule has 0 aromatic carbocycles. The van der Waals surface area contributed by atoms with Crippen molar-refractivity contribution in [2.45, 2.75) is 32.9 Å². The van der Waals surface area contributed by atoms with E-state index in [1.165, 1.54) is 12.8 Å². The third-order valence-electron chi connectivity index (χ3n) is 3.64. The second kappa shape index (κ2) is 6.36. The third kappa shape index (κ3) is 3.34. The van der Waals surface area contributed by atoms with Gasteiger partial charge in [-0.1, -0.05) is 0 Å². The Labute approximate surface area is 109 Å². The van der Waals surface area contributed by atoms with Crippen molar-refractivity contribution in [1.82, 2.24) is 4.90 Å². The Morgan fingerprint density at radius 3 is 3.06 bits per heavy atom. The monoisotopic (exact) mass is 252 g/mol. The van der Waals surface area contributed by atoms with Gasteiger partial charge >= 0.3 is 0 Å². The summed E-state index contributed by atoms with van der Waals surface area (Å²) < 4.78 is 11.0. The van der Waals surface area contributed by atoms with Gasteiger partial charge in [-0.05, 0) is 43.9 Å². The van der Waals surface area contributed by atoms with Crippen LogP contribution in [0.5, 0.6) is 0 Å².